The molecule has 98 valence electrons. The number of nitrogens with one attached hydrogen (secondary N) is 1. The molecule has 1 heterocycles. The highest BCUT2D eigenvalue weighted by Crippen LogP contribution is 2.26. The standard InChI is InChI=1S/C14H14N2O3/c1-19-13-5-4-11(7-12(13)17)14(18)16-9-10-3-2-6-15-8-10/h2-8,17H,9H2,1H3,(H,16,18). The molecular weight excluding hydrogens is 244 g/mol. The number of aromatic hydroxyl groups is 1. The van der Waals surface area contributed by atoms with Gasteiger partial charge in [0.05, 0.1) is 7.11 Å². The van der Waals surface area contributed by atoms with E-state index in [1.807, 2.05) is 6.07 Å². The first-order chi connectivity index (χ1) is 9.20. The van der Waals surface area contributed by atoms with Crippen LogP contribution in [-0.2, 0) is 6.54 Å². The normalized spacial score (nSPS) is 9.95. The van der Waals surface area contributed by atoms with Gasteiger partial charge in [-0.3, -0.25) is 9.78 Å². The zero-order chi connectivity index (χ0) is 13.7. The van der Waals surface area contributed by atoms with Crippen LogP contribution < -0.4 is 10.1 Å². The lowest BCUT2D eigenvalue weighted by Crippen LogP contribution is -2.22. The zero-order valence-electron chi connectivity index (χ0n) is 10.5. The van der Waals surface area contributed by atoms with Crippen molar-refractivity contribution in [3.05, 3.63) is 53.9 Å². The summed E-state index contributed by atoms with van der Waals surface area (Å²) in [7, 11) is 1.46. The Bertz CT molecular complexity index is 570. The summed E-state index contributed by atoms with van der Waals surface area (Å²) in [4.78, 5) is 15.9. The van der Waals surface area contributed by atoms with Gasteiger partial charge in [-0.2, -0.15) is 0 Å². The Labute approximate surface area is 110 Å². The van der Waals surface area contributed by atoms with E-state index in [1.54, 1.807) is 30.6 Å². The number of benzene rings is 1. The number of rotatable bonds is 4. The second-order valence-corrected chi connectivity index (χ2v) is 3.93. The average molecular weight is 258 g/mol. The lowest BCUT2D eigenvalue weighted by Gasteiger charge is -2.07. The molecule has 0 atom stereocenters. The van der Waals surface area contributed by atoms with Crippen molar-refractivity contribution in [3.63, 3.8) is 0 Å². The molecule has 0 bridgehead atoms. The lowest BCUT2D eigenvalue weighted by atomic mass is 10.2. The topological polar surface area (TPSA) is 71.5 Å². The molecule has 1 aromatic heterocycles. The van der Waals surface area contributed by atoms with Crippen molar-refractivity contribution in [3.8, 4) is 11.5 Å². The van der Waals surface area contributed by atoms with Crippen LogP contribution in [0.2, 0.25) is 0 Å². The van der Waals surface area contributed by atoms with E-state index in [1.165, 1.54) is 13.2 Å². The third kappa shape index (κ3) is 3.22. The molecule has 0 spiro atoms. The van der Waals surface area contributed by atoms with Gasteiger partial charge in [-0.1, -0.05) is 6.07 Å². The van der Waals surface area contributed by atoms with Gasteiger partial charge in [-0.05, 0) is 29.8 Å². The van der Waals surface area contributed by atoms with Crippen LogP contribution in [0.5, 0.6) is 11.5 Å². The van der Waals surface area contributed by atoms with Crippen LogP contribution in [0.3, 0.4) is 0 Å². The Balaban J connectivity index is 2.02. The number of methoxy groups -OCH3 is 1. The molecule has 0 aliphatic heterocycles. The van der Waals surface area contributed by atoms with E-state index in [0.29, 0.717) is 17.9 Å². The van der Waals surface area contributed by atoms with Gasteiger partial charge >= 0.3 is 0 Å². The highest BCUT2D eigenvalue weighted by molar-refractivity contribution is 5.94. The van der Waals surface area contributed by atoms with Crippen LogP contribution in [0.4, 0.5) is 0 Å². The largest absolute Gasteiger partial charge is 0.504 e. The second-order valence-electron chi connectivity index (χ2n) is 3.93. The van der Waals surface area contributed by atoms with Gasteiger partial charge in [-0.25, -0.2) is 0 Å². The molecule has 0 saturated heterocycles. The molecule has 1 amide bonds. The number of pyridine rings is 1. The molecule has 19 heavy (non-hydrogen) atoms. The lowest BCUT2D eigenvalue weighted by molar-refractivity contribution is 0.0950. The summed E-state index contributed by atoms with van der Waals surface area (Å²) in [5.41, 5.74) is 1.29. The van der Waals surface area contributed by atoms with Gasteiger partial charge in [0.1, 0.15) is 0 Å². The van der Waals surface area contributed by atoms with Gasteiger partial charge in [0, 0.05) is 24.5 Å². The fraction of sp³-hybridized carbons (Fsp3) is 0.143. The molecule has 2 rings (SSSR count). The van der Waals surface area contributed by atoms with Crippen LogP contribution in [0.25, 0.3) is 0 Å². The summed E-state index contributed by atoms with van der Waals surface area (Å²) in [6.45, 7) is 0.388. The highest BCUT2D eigenvalue weighted by atomic mass is 16.5. The maximum atomic E-state index is 11.9. The van der Waals surface area contributed by atoms with Crippen LogP contribution >= 0.6 is 0 Å². The predicted octanol–water partition coefficient (Wildman–Crippen LogP) is 1.73. The first-order valence-electron chi connectivity index (χ1n) is 5.75. The van der Waals surface area contributed by atoms with Crippen molar-refractivity contribution >= 4 is 5.91 Å². The Morgan fingerprint density at radius 3 is 2.89 bits per heavy atom. The minimum absolute atomic E-state index is 0.0588. The number of carbonyl (C=O) groups excluding carboxylic acids is 1. The Hall–Kier alpha value is -2.56. The predicted molar refractivity (Wildman–Crippen MR) is 70.1 cm³/mol. The molecule has 0 unspecified atom stereocenters. The van der Waals surface area contributed by atoms with E-state index >= 15 is 0 Å². The van der Waals surface area contributed by atoms with Crippen LogP contribution in [0.1, 0.15) is 15.9 Å². The molecule has 0 radical (unpaired) electrons. The van der Waals surface area contributed by atoms with E-state index in [2.05, 4.69) is 10.3 Å². The zero-order valence-corrected chi connectivity index (χ0v) is 10.5. The smallest absolute Gasteiger partial charge is 0.251 e. The summed E-state index contributed by atoms with van der Waals surface area (Å²) in [6, 6.07) is 8.20. The van der Waals surface area contributed by atoms with Crippen molar-refractivity contribution in [1.29, 1.82) is 0 Å². The molecule has 2 aromatic rings. The third-order valence-corrected chi connectivity index (χ3v) is 2.62. The summed E-state index contributed by atoms with van der Waals surface area (Å²) in [6.07, 6.45) is 3.36. The van der Waals surface area contributed by atoms with Gasteiger partial charge < -0.3 is 15.2 Å². The maximum Gasteiger partial charge on any atom is 0.251 e. The number of hydrogen-bond acceptors (Lipinski definition) is 4. The molecule has 0 saturated carbocycles. The van der Waals surface area contributed by atoms with Gasteiger partial charge in [0.25, 0.3) is 5.91 Å². The maximum absolute atomic E-state index is 11.9. The van der Waals surface area contributed by atoms with Crippen molar-refractivity contribution < 1.29 is 14.6 Å². The number of carbonyl (C=O) groups is 1. The minimum atomic E-state index is -0.262. The van der Waals surface area contributed by atoms with Crippen LogP contribution in [0, 0.1) is 0 Å². The van der Waals surface area contributed by atoms with Crippen molar-refractivity contribution in [1.82, 2.24) is 10.3 Å². The fourth-order valence-electron chi connectivity index (χ4n) is 1.62. The molecular formula is C14H14N2O3. The fourth-order valence-corrected chi connectivity index (χ4v) is 1.62. The first kappa shape index (κ1) is 12.9. The number of nitrogens with zero attached hydrogens (tertiary/aromatic N) is 1. The Morgan fingerprint density at radius 2 is 2.26 bits per heavy atom. The van der Waals surface area contributed by atoms with E-state index < -0.39 is 0 Å². The number of aromatic nitrogens is 1. The quantitative estimate of drug-likeness (QED) is 0.876. The molecule has 0 aliphatic carbocycles. The molecule has 1 aromatic carbocycles. The molecule has 5 heteroatoms. The Kier molecular flexibility index (Phi) is 3.97. The van der Waals surface area contributed by atoms with Gasteiger partial charge in [0.15, 0.2) is 11.5 Å². The molecule has 0 fully saturated rings. The third-order valence-electron chi connectivity index (χ3n) is 2.62. The molecule has 5 nitrogen and oxygen atoms in total. The summed E-state index contributed by atoms with van der Waals surface area (Å²) < 4.78 is 4.92. The van der Waals surface area contributed by atoms with Gasteiger partial charge in [0.2, 0.25) is 0 Å². The summed E-state index contributed by atoms with van der Waals surface area (Å²) >= 11 is 0. The minimum Gasteiger partial charge on any atom is -0.504 e. The van der Waals surface area contributed by atoms with E-state index in [9.17, 15) is 9.90 Å². The van der Waals surface area contributed by atoms with Crippen molar-refractivity contribution in [2.24, 2.45) is 0 Å². The molecule has 2 N–H and O–H groups in total. The molecule has 0 aliphatic rings. The van der Waals surface area contributed by atoms with Crippen LogP contribution in [0.15, 0.2) is 42.7 Å². The first-order valence-corrected chi connectivity index (χ1v) is 5.75. The van der Waals surface area contributed by atoms with Crippen LogP contribution in [-0.4, -0.2) is 23.1 Å². The summed E-state index contributed by atoms with van der Waals surface area (Å²) in [5.74, 6) is 0.0159. The van der Waals surface area contributed by atoms with E-state index in [4.69, 9.17) is 4.74 Å². The monoisotopic (exact) mass is 258 g/mol. The van der Waals surface area contributed by atoms with E-state index in [0.717, 1.165) is 5.56 Å². The van der Waals surface area contributed by atoms with E-state index in [-0.39, 0.29) is 11.7 Å². The Morgan fingerprint density at radius 1 is 1.42 bits per heavy atom. The summed E-state index contributed by atoms with van der Waals surface area (Å²) in [5, 5.41) is 12.4. The van der Waals surface area contributed by atoms with Crippen molar-refractivity contribution in [2.75, 3.05) is 7.11 Å². The van der Waals surface area contributed by atoms with Gasteiger partial charge in [-0.15, -0.1) is 0 Å². The number of hydrogen-bond donors (Lipinski definition) is 2. The number of ether oxygens (including phenoxy) is 1. The number of amides is 1. The second kappa shape index (κ2) is 5.86. The SMILES string of the molecule is COc1ccc(C(=O)NCc2cccnc2)cc1O. The average Bonchev–Trinajstić information content (AvgIpc) is 2.45. The highest BCUT2D eigenvalue weighted by Gasteiger charge is 2.09. The number of phenolic OH excluding ortho intramolecular Hbond substituents is 1. The van der Waals surface area contributed by atoms with Crippen molar-refractivity contribution in [2.45, 2.75) is 6.54 Å². The number of phenols is 1.